The molecule has 8 nitrogen and oxygen atoms in total. The van der Waals surface area contributed by atoms with E-state index in [0.29, 0.717) is 32.6 Å². The summed E-state index contributed by atoms with van der Waals surface area (Å²) in [4.78, 5) is 46.6. The summed E-state index contributed by atoms with van der Waals surface area (Å²) in [5.41, 5.74) is -1.12. The number of unbranched alkanes of at least 4 members (excludes halogenated alkanes) is 1. The van der Waals surface area contributed by atoms with E-state index in [1.807, 2.05) is 6.92 Å². The molecule has 0 saturated carbocycles. The highest BCUT2D eigenvalue weighted by Gasteiger charge is 2.77. The van der Waals surface area contributed by atoms with Crippen molar-refractivity contribution in [1.82, 2.24) is 14.7 Å². The third kappa shape index (κ3) is 4.71. The standard InChI is InChI=1S/C26H40BrN3O5/c1-6-10-14-29(13-9-4)25(34)22-26-15-18(27)21(35-26)19(23(32)28(11-7-2)12-8-3)20(26)24(33)30(22)17(5)16-31/h7,9,17-22,31H,2,4,6,8,10-16H2,1,3,5H3/t17-,18?,19+,20+,21+,22?,26?/m1/s1. The van der Waals surface area contributed by atoms with Gasteiger partial charge in [-0.25, -0.2) is 0 Å². The molecule has 9 heteroatoms. The molecule has 3 rings (SSSR count). The lowest BCUT2D eigenvalue weighted by atomic mass is 9.70. The molecular formula is C26H40BrN3O5. The van der Waals surface area contributed by atoms with Crippen LogP contribution < -0.4 is 0 Å². The van der Waals surface area contributed by atoms with Crippen molar-refractivity contribution < 1.29 is 24.2 Å². The van der Waals surface area contributed by atoms with Crippen LogP contribution in [-0.4, -0.2) is 98.9 Å². The van der Waals surface area contributed by atoms with Gasteiger partial charge in [0.05, 0.1) is 30.6 Å². The first kappa shape index (κ1) is 27.9. The molecule has 1 spiro atoms. The zero-order chi connectivity index (χ0) is 25.9. The van der Waals surface area contributed by atoms with Gasteiger partial charge in [-0.1, -0.05) is 48.4 Å². The van der Waals surface area contributed by atoms with Crippen molar-refractivity contribution in [1.29, 1.82) is 0 Å². The molecule has 2 bridgehead atoms. The second-order valence-electron chi connectivity index (χ2n) is 9.94. The summed E-state index contributed by atoms with van der Waals surface area (Å²) < 4.78 is 6.56. The van der Waals surface area contributed by atoms with Crippen LogP contribution >= 0.6 is 15.9 Å². The fraction of sp³-hybridized carbons (Fsp3) is 0.731. The molecule has 3 fully saturated rings. The van der Waals surface area contributed by atoms with E-state index in [-0.39, 0.29) is 29.2 Å². The van der Waals surface area contributed by atoms with Crippen LogP contribution in [-0.2, 0) is 19.1 Å². The third-order valence-electron chi connectivity index (χ3n) is 7.58. The summed E-state index contributed by atoms with van der Waals surface area (Å²) >= 11 is 3.71. The zero-order valence-corrected chi connectivity index (χ0v) is 22.8. The Morgan fingerprint density at radius 3 is 2.37 bits per heavy atom. The van der Waals surface area contributed by atoms with Crippen LogP contribution in [0.2, 0.25) is 0 Å². The number of halogens is 1. The molecule has 0 radical (unpaired) electrons. The van der Waals surface area contributed by atoms with Gasteiger partial charge in [0.25, 0.3) is 0 Å². The van der Waals surface area contributed by atoms with Crippen molar-refractivity contribution >= 4 is 33.7 Å². The first-order chi connectivity index (χ1) is 16.7. The predicted octanol–water partition coefficient (Wildman–Crippen LogP) is 2.35. The van der Waals surface area contributed by atoms with Gasteiger partial charge in [-0.15, -0.1) is 13.2 Å². The van der Waals surface area contributed by atoms with Crippen LogP contribution in [0, 0.1) is 11.8 Å². The lowest BCUT2D eigenvalue weighted by molar-refractivity contribution is -0.151. The number of nitrogens with zero attached hydrogens (tertiary/aromatic N) is 3. The maximum atomic E-state index is 14.1. The average molecular weight is 555 g/mol. The third-order valence-corrected chi connectivity index (χ3v) is 8.43. The second kappa shape index (κ2) is 11.6. The Morgan fingerprint density at radius 2 is 1.83 bits per heavy atom. The van der Waals surface area contributed by atoms with Gasteiger partial charge in [-0.05, 0) is 26.2 Å². The van der Waals surface area contributed by atoms with Crippen LogP contribution in [0.1, 0.15) is 46.5 Å². The highest BCUT2D eigenvalue weighted by molar-refractivity contribution is 9.09. The SMILES string of the molecule is C=CCN(CCCC)C(=O)C1N([C@H](C)CO)C(=O)[C@@H]2[C@H](C(=O)N(CC=C)CCC)[C@H]3OC12CC3Br. The summed E-state index contributed by atoms with van der Waals surface area (Å²) in [7, 11) is 0. The summed E-state index contributed by atoms with van der Waals surface area (Å²) in [6, 6.07) is -1.49. The summed E-state index contributed by atoms with van der Waals surface area (Å²) in [5, 5.41) is 10.0. The molecule has 0 aromatic rings. The summed E-state index contributed by atoms with van der Waals surface area (Å²) in [5.74, 6) is -2.09. The number of hydrogen-bond acceptors (Lipinski definition) is 5. The minimum Gasteiger partial charge on any atom is -0.394 e. The number of carbonyl (C=O) groups excluding carboxylic acids is 3. The number of amides is 3. The first-order valence-electron chi connectivity index (χ1n) is 12.8. The van der Waals surface area contributed by atoms with E-state index in [9.17, 15) is 19.5 Å². The number of rotatable bonds is 13. The highest BCUT2D eigenvalue weighted by Crippen LogP contribution is 2.60. The van der Waals surface area contributed by atoms with Crippen molar-refractivity contribution in [2.24, 2.45) is 11.8 Å². The van der Waals surface area contributed by atoms with Crippen molar-refractivity contribution in [3.05, 3.63) is 25.3 Å². The van der Waals surface area contributed by atoms with E-state index in [1.165, 1.54) is 4.90 Å². The van der Waals surface area contributed by atoms with Crippen molar-refractivity contribution in [2.45, 2.75) is 75.1 Å². The first-order valence-corrected chi connectivity index (χ1v) is 13.7. The Balaban J connectivity index is 2.07. The number of ether oxygens (including phenoxy) is 1. The average Bonchev–Trinajstić information content (AvgIpc) is 3.43. The second-order valence-corrected chi connectivity index (χ2v) is 11.1. The topological polar surface area (TPSA) is 90.4 Å². The van der Waals surface area contributed by atoms with E-state index >= 15 is 0 Å². The number of carbonyl (C=O) groups is 3. The molecular weight excluding hydrogens is 514 g/mol. The molecule has 3 saturated heterocycles. The molecule has 3 aliphatic rings. The van der Waals surface area contributed by atoms with Crippen LogP contribution in [0.25, 0.3) is 0 Å². The molecule has 0 aromatic heterocycles. The maximum Gasteiger partial charge on any atom is 0.248 e. The van der Waals surface area contributed by atoms with E-state index in [2.05, 4.69) is 36.0 Å². The molecule has 3 unspecified atom stereocenters. The fourth-order valence-electron chi connectivity index (χ4n) is 6.09. The number of hydrogen-bond donors (Lipinski definition) is 1. The number of fused-ring (bicyclic) bond motifs is 1. The number of alkyl halides is 1. The monoisotopic (exact) mass is 553 g/mol. The Labute approximate surface area is 217 Å². The predicted molar refractivity (Wildman–Crippen MR) is 138 cm³/mol. The van der Waals surface area contributed by atoms with Gasteiger partial charge >= 0.3 is 0 Å². The van der Waals surface area contributed by atoms with Crippen LogP contribution in [0.4, 0.5) is 0 Å². The molecule has 0 aliphatic carbocycles. The van der Waals surface area contributed by atoms with Gasteiger partial charge in [0, 0.05) is 31.0 Å². The fourth-order valence-corrected chi connectivity index (χ4v) is 7.03. The van der Waals surface area contributed by atoms with Crippen LogP contribution in [0.5, 0.6) is 0 Å². The lowest BCUT2D eigenvalue weighted by Gasteiger charge is -2.38. The number of aliphatic hydroxyl groups excluding tert-OH is 1. The Kier molecular flexibility index (Phi) is 9.21. The van der Waals surface area contributed by atoms with Crippen molar-refractivity contribution in [3.63, 3.8) is 0 Å². The van der Waals surface area contributed by atoms with Crippen LogP contribution in [0.3, 0.4) is 0 Å². The van der Waals surface area contributed by atoms with Crippen LogP contribution in [0.15, 0.2) is 25.3 Å². The van der Waals surface area contributed by atoms with E-state index in [0.717, 1.165) is 19.3 Å². The molecule has 1 N–H and O–H groups in total. The zero-order valence-electron chi connectivity index (χ0n) is 21.2. The largest absolute Gasteiger partial charge is 0.394 e. The number of likely N-dealkylation sites (tertiary alicyclic amines) is 1. The molecule has 3 amide bonds. The van der Waals surface area contributed by atoms with Crippen molar-refractivity contribution in [3.8, 4) is 0 Å². The maximum absolute atomic E-state index is 14.1. The van der Waals surface area contributed by atoms with Crippen molar-refractivity contribution in [2.75, 3.05) is 32.8 Å². The Hall–Kier alpha value is -1.71. The Bertz CT molecular complexity index is 838. The molecule has 7 atom stereocenters. The summed E-state index contributed by atoms with van der Waals surface area (Å²) in [6.45, 7) is 14.9. The number of aliphatic hydroxyl groups is 1. The molecule has 35 heavy (non-hydrogen) atoms. The highest BCUT2D eigenvalue weighted by atomic mass is 79.9. The molecule has 0 aromatic carbocycles. The molecule has 3 aliphatic heterocycles. The minimum atomic E-state index is -1.12. The van der Waals surface area contributed by atoms with Gasteiger partial charge in [0.2, 0.25) is 17.7 Å². The van der Waals surface area contributed by atoms with Gasteiger partial charge in [0.1, 0.15) is 11.6 Å². The van der Waals surface area contributed by atoms with Gasteiger partial charge in [0.15, 0.2) is 0 Å². The van der Waals surface area contributed by atoms with E-state index in [4.69, 9.17) is 4.74 Å². The van der Waals surface area contributed by atoms with Gasteiger partial charge in [-0.2, -0.15) is 0 Å². The quantitative estimate of drug-likeness (QED) is 0.279. The van der Waals surface area contributed by atoms with Gasteiger partial charge in [-0.3, -0.25) is 14.4 Å². The summed E-state index contributed by atoms with van der Waals surface area (Å²) in [6.07, 6.45) is 5.85. The van der Waals surface area contributed by atoms with E-state index < -0.39 is 35.6 Å². The Morgan fingerprint density at radius 1 is 1.20 bits per heavy atom. The minimum absolute atomic E-state index is 0.139. The molecule has 3 heterocycles. The van der Waals surface area contributed by atoms with Gasteiger partial charge < -0.3 is 24.5 Å². The normalized spacial score (nSPS) is 31.9. The smallest absolute Gasteiger partial charge is 0.248 e. The molecule has 196 valence electrons. The lowest BCUT2D eigenvalue weighted by Crippen LogP contribution is -2.58. The van der Waals surface area contributed by atoms with E-state index in [1.54, 1.807) is 28.9 Å².